The second-order valence-electron chi connectivity index (χ2n) is 8.96. The van der Waals surface area contributed by atoms with E-state index in [1.165, 1.54) is 11.1 Å². The predicted octanol–water partition coefficient (Wildman–Crippen LogP) is 5.66. The quantitative estimate of drug-likeness (QED) is 0.175. The highest BCUT2D eigenvalue weighted by Gasteiger charge is 2.23. The number of esters is 1. The number of nitrogens with zero attached hydrogens (tertiary/aromatic N) is 3. The molecule has 1 aromatic heterocycles. The van der Waals surface area contributed by atoms with Crippen LogP contribution < -0.4 is 15.0 Å². The zero-order valence-electron chi connectivity index (χ0n) is 21.4. The number of halogens is 1. The van der Waals surface area contributed by atoms with E-state index in [1.54, 1.807) is 32.2 Å². The Morgan fingerprint density at radius 3 is 2.68 bits per heavy atom. The molecule has 1 atom stereocenters. The first-order valence-corrected chi connectivity index (χ1v) is 13.9. The van der Waals surface area contributed by atoms with Gasteiger partial charge in [0.05, 0.1) is 33.9 Å². The first kappa shape index (κ1) is 27.1. The van der Waals surface area contributed by atoms with E-state index in [0.29, 0.717) is 34.8 Å². The minimum atomic E-state index is -0.785. The predicted molar refractivity (Wildman–Crippen MR) is 152 cm³/mol. The van der Waals surface area contributed by atoms with Crippen LogP contribution in [-0.2, 0) is 9.53 Å². The number of benzene rings is 2. The normalized spacial score (nSPS) is 15.1. The van der Waals surface area contributed by atoms with Gasteiger partial charge in [0.25, 0.3) is 5.56 Å². The molecule has 0 aliphatic heterocycles. The van der Waals surface area contributed by atoms with Crippen molar-refractivity contribution < 1.29 is 19.0 Å². The van der Waals surface area contributed by atoms with Gasteiger partial charge in [-0.1, -0.05) is 31.4 Å². The Labute approximate surface area is 230 Å². The number of aromatic nitrogens is 2. The molecule has 4 rings (SSSR count). The molecule has 1 saturated carbocycles. The maximum atomic E-state index is 13.5. The van der Waals surface area contributed by atoms with Gasteiger partial charge in [0, 0.05) is 5.92 Å². The van der Waals surface area contributed by atoms with Gasteiger partial charge < -0.3 is 14.2 Å². The van der Waals surface area contributed by atoms with Crippen LogP contribution in [0.4, 0.5) is 0 Å². The summed E-state index contributed by atoms with van der Waals surface area (Å²) in [6.45, 7) is 5.97. The molecule has 3 aromatic rings. The van der Waals surface area contributed by atoms with Crippen molar-refractivity contribution in [2.24, 2.45) is 5.10 Å². The molecule has 0 amide bonds. The van der Waals surface area contributed by atoms with Gasteiger partial charge in [-0.05, 0) is 86.0 Å². The topological polar surface area (TPSA) is 92.0 Å². The second kappa shape index (κ2) is 12.5. The van der Waals surface area contributed by atoms with Crippen LogP contribution in [0.15, 0.2) is 46.3 Å². The van der Waals surface area contributed by atoms with E-state index < -0.39 is 12.1 Å². The molecule has 1 fully saturated rings. The van der Waals surface area contributed by atoms with Gasteiger partial charge in [-0.2, -0.15) is 9.78 Å². The lowest BCUT2D eigenvalue weighted by Crippen LogP contribution is -2.26. The zero-order chi connectivity index (χ0) is 26.4. The number of hydrogen-bond acceptors (Lipinski definition) is 7. The average molecular weight is 617 g/mol. The van der Waals surface area contributed by atoms with Gasteiger partial charge in [-0.15, -0.1) is 0 Å². The summed E-state index contributed by atoms with van der Waals surface area (Å²) in [4.78, 5) is 30.4. The maximum Gasteiger partial charge on any atom is 0.347 e. The minimum absolute atomic E-state index is 0.176. The Balaban J connectivity index is 1.72. The Kier molecular flexibility index (Phi) is 9.18. The lowest BCUT2D eigenvalue weighted by Gasteiger charge is -2.22. The highest BCUT2D eigenvalue weighted by atomic mass is 127. The van der Waals surface area contributed by atoms with E-state index in [9.17, 15) is 9.59 Å². The maximum absolute atomic E-state index is 13.5. The van der Waals surface area contributed by atoms with Gasteiger partial charge in [0.1, 0.15) is 5.82 Å². The van der Waals surface area contributed by atoms with Crippen LogP contribution in [0, 0.1) is 3.57 Å². The van der Waals surface area contributed by atoms with Crippen molar-refractivity contribution in [2.75, 3.05) is 13.2 Å². The van der Waals surface area contributed by atoms with E-state index in [2.05, 4.69) is 27.7 Å². The van der Waals surface area contributed by atoms with Crippen molar-refractivity contribution in [3.63, 3.8) is 0 Å². The van der Waals surface area contributed by atoms with Gasteiger partial charge in [-0.25, -0.2) is 9.78 Å². The van der Waals surface area contributed by atoms with Gasteiger partial charge in [0.2, 0.25) is 0 Å². The zero-order valence-corrected chi connectivity index (χ0v) is 23.6. The second-order valence-corrected chi connectivity index (χ2v) is 10.1. The van der Waals surface area contributed by atoms with Crippen LogP contribution in [-0.4, -0.2) is 41.2 Å². The first-order chi connectivity index (χ1) is 17.9. The summed E-state index contributed by atoms with van der Waals surface area (Å²) in [6, 6.07) is 11.1. The highest BCUT2D eigenvalue weighted by Crippen LogP contribution is 2.35. The Bertz CT molecular complexity index is 1350. The average Bonchev–Trinajstić information content (AvgIpc) is 2.90. The fourth-order valence-corrected chi connectivity index (χ4v) is 5.28. The van der Waals surface area contributed by atoms with Crippen molar-refractivity contribution >= 4 is 45.7 Å². The molecule has 37 heavy (non-hydrogen) atoms. The SMILES string of the molecule is CCOC(=O)[C@H](C)Oc1c(I)cc(C=Nn2c(C3CCCCC3)nc3ccccc3c2=O)cc1OCC. The van der Waals surface area contributed by atoms with Crippen molar-refractivity contribution in [3.05, 3.63) is 61.7 Å². The van der Waals surface area contributed by atoms with E-state index in [0.717, 1.165) is 34.8 Å². The third kappa shape index (κ3) is 6.31. The number of rotatable bonds is 9. The van der Waals surface area contributed by atoms with Crippen LogP contribution >= 0.6 is 22.6 Å². The van der Waals surface area contributed by atoms with Crippen molar-refractivity contribution in [2.45, 2.75) is 64.9 Å². The van der Waals surface area contributed by atoms with E-state index >= 15 is 0 Å². The number of ether oxygens (including phenoxy) is 3. The fourth-order valence-electron chi connectivity index (χ4n) is 4.53. The molecule has 0 radical (unpaired) electrons. The van der Waals surface area contributed by atoms with Crippen molar-refractivity contribution in [3.8, 4) is 11.5 Å². The highest BCUT2D eigenvalue weighted by molar-refractivity contribution is 14.1. The first-order valence-electron chi connectivity index (χ1n) is 12.8. The molecule has 0 bridgehead atoms. The molecule has 2 aromatic carbocycles. The lowest BCUT2D eigenvalue weighted by atomic mass is 9.88. The van der Waals surface area contributed by atoms with E-state index in [1.807, 2.05) is 31.2 Å². The van der Waals surface area contributed by atoms with Crippen LogP contribution in [0.1, 0.15) is 70.2 Å². The summed E-state index contributed by atoms with van der Waals surface area (Å²) < 4.78 is 19.0. The Morgan fingerprint density at radius 1 is 1.19 bits per heavy atom. The third-order valence-corrected chi connectivity index (χ3v) is 7.12. The van der Waals surface area contributed by atoms with Gasteiger partial charge in [-0.3, -0.25) is 4.79 Å². The number of hydrogen-bond donors (Lipinski definition) is 0. The van der Waals surface area contributed by atoms with Crippen LogP contribution in [0.3, 0.4) is 0 Å². The molecule has 0 unspecified atom stereocenters. The number of carbonyl (C=O) groups excluding carboxylic acids is 1. The van der Waals surface area contributed by atoms with Gasteiger partial charge >= 0.3 is 5.97 Å². The standard InChI is InChI=1S/C28H32IN3O5/c1-4-35-24-16-19(15-22(29)25(24)37-18(3)28(34)36-5-2)17-30-32-26(20-11-7-6-8-12-20)31-23-14-10-9-13-21(23)27(32)33/h9-10,13-18,20H,4-8,11-12H2,1-3H3/t18-/m0/s1. The number of carbonyl (C=O) groups is 1. The molecule has 0 spiro atoms. The Morgan fingerprint density at radius 2 is 1.95 bits per heavy atom. The molecule has 1 aliphatic carbocycles. The summed E-state index contributed by atoms with van der Waals surface area (Å²) in [7, 11) is 0. The number of fused-ring (bicyclic) bond motifs is 1. The summed E-state index contributed by atoms with van der Waals surface area (Å²) in [5.74, 6) is 1.42. The van der Waals surface area contributed by atoms with E-state index in [4.69, 9.17) is 19.2 Å². The van der Waals surface area contributed by atoms with Crippen molar-refractivity contribution in [1.29, 1.82) is 0 Å². The molecule has 8 nitrogen and oxygen atoms in total. The fraction of sp³-hybridized carbons (Fsp3) is 0.429. The number of para-hydroxylation sites is 1. The van der Waals surface area contributed by atoms with Crippen LogP contribution in [0.25, 0.3) is 10.9 Å². The molecule has 196 valence electrons. The Hall–Kier alpha value is -2.95. The summed E-state index contributed by atoms with van der Waals surface area (Å²) >= 11 is 2.14. The van der Waals surface area contributed by atoms with Crippen molar-refractivity contribution in [1.82, 2.24) is 9.66 Å². The molecule has 9 heteroatoms. The molecular formula is C28H32IN3O5. The summed E-state index contributed by atoms with van der Waals surface area (Å²) in [6.07, 6.45) is 6.31. The minimum Gasteiger partial charge on any atom is -0.490 e. The summed E-state index contributed by atoms with van der Waals surface area (Å²) in [5.41, 5.74) is 1.26. The van der Waals surface area contributed by atoms with Crippen LogP contribution in [0.5, 0.6) is 11.5 Å². The largest absolute Gasteiger partial charge is 0.490 e. The smallest absolute Gasteiger partial charge is 0.347 e. The molecule has 0 N–H and O–H groups in total. The summed E-state index contributed by atoms with van der Waals surface area (Å²) in [5, 5.41) is 5.17. The molecule has 1 heterocycles. The van der Waals surface area contributed by atoms with Gasteiger partial charge in [0.15, 0.2) is 17.6 Å². The van der Waals surface area contributed by atoms with Crippen LogP contribution in [0.2, 0.25) is 0 Å². The lowest BCUT2D eigenvalue weighted by molar-refractivity contribution is -0.150. The molecule has 0 saturated heterocycles. The van der Waals surface area contributed by atoms with E-state index in [-0.39, 0.29) is 18.1 Å². The molecule has 1 aliphatic rings. The third-order valence-electron chi connectivity index (χ3n) is 6.32. The monoisotopic (exact) mass is 617 g/mol. The molecular weight excluding hydrogens is 585 g/mol.